The van der Waals surface area contributed by atoms with E-state index >= 15 is 0 Å². The molecule has 0 atom stereocenters. The van der Waals surface area contributed by atoms with Crippen LogP contribution in [0.25, 0.3) is 0 Å². The highest BCUT2D eigenvalue weighted by atomic mass is 16.5. The van der Waals surface area contributed by atoms with Gasteiger partial charge in [0, 0.05) is 0 Å². The Bertz CT molecular complexity index is 339. The summed E-state index contributed by atoms with van der Waals surface area (Å²) in [6.45, 7) is 2.67. The number of fused-ring (bicyclic) bond motifs is 2. The van der Waals surface area contributed by atoms with E-state index in [9.17, 15) is 0 Å². The van der Waals surface area contributed by atoms with Gasteiger partial charge in [-0.3, -0.25) is 0 Å². The van der Waals surface area contributed by atoms with Crippen molar-refractivity contribution in [3.8, 4) is 0 Å². The summed E-state index contributed by atoms with van der Waals surface area (Å²) < 4.78 is 5.90. The van der Waals surface area contributed by atoms with Gasteiger partial charge in [-0.15, -0.1) is 0 Å². The maximum atomic E-state index is 5.90. The number of rotatable bonds is 0. The van der Waals surface area contributed by atoms with Crippen LogP contribution in [0.4, 0.5) is 0 Å². The second kappa shape index (κ2) is 2.94. The lowest BCUT2D eigenvalue weighted by molar-refractivity contribution is -0.0593. The van der Waals surface area contributed by atoms with Crippen LogP contribution in [-0.4, -0.2) is 18.1 Å². The van der Waals surface area contributed by atoms with Gasteiger partial charge < -0.3 is 10.1 Å². The van der Waals surface area contributed by atoms with E-state index in [1.54, 1.807) is 6.20 Å². The minimum atomic E-state index is -0.106. The average Bonchev–Trinajstić information content (AvgIpc) is 2.60. The molecule has 1 aromatic rings. The van der Waals surface area contributed by atoms with Crippen LogP contribution in [0.2, 0.25) is 0 Å². The number of hydrogen-bond acceptors (Lipinski definition) is 3. The largest absolute Gasteiger partial charge is 0.363 e. The Kier molecular flexibility index (Phi) is 1.73. The Morgan fingerprint density at radius 3 is 3.14 bits per heavy atom. The standard InChI is InChI=1S/C11H12N2O/c1-2-9-10(13-5-1)8-14-11(9)3-6-12-7-4-11/h5,12H,3-4,6-8H2. The van der Waals surface area contributed by atoms with E-state index in [4.69, 9.17) is 4.74 Å². The van der Waals surface area contributed by atoms with Gasteiger partial charge in [-0.1, -0.05) is 6.07 Å². The molecule has 1 fully saturated rings. The first kappa shape index (κ1) is 8.22. The van der Waals surface area contributed by atoms with Gasteiger partial charge in [0.15, 0.2) is 0 Å². The third-order valence-corrected chi connectivity index (χ3v) is 3.12. The van der Waals surface area contributed by atoms with Crippen LogP contribution in [0.3, 0.4) is 0 Å². The van der Waals surface area contributed by atoms with E-state index < -0.39 is 0 Å². The van der Waals surface area contributed by atoms with E-state index in [1.165, 1.54) is 0 Å². The van der Waals surface area contributed by atoms with E-state index in [0.29, 0.717) is 6.61 Å². The van der Waals surface area contributed by atoms with Gasteiger partial charge in [0.2, 0.25) is 0 Å². The molecule has 0 radical (unpaired) electrons. The molecule has 1 aromatic heterocycles. The van der Waals surface area contributed by atoms with Gasteiger partial charge in [0.1, 0.15) is 5.60 Å². The molecule has 1 spiro atoms. The molecule has 3 nitrogen and oxygen atoms in total. The molecule has 0 aliphatic carbocycles. The first-order chi connectivity index (χ1) is 6.91. The number of nitrogens with zero attached hydrogens (tertiary/aromatic N) is 1. The molecule has 3 heteroatoms. The predicted molar refractivity (Wildman–Crippen MR) is 50.5 cm³/mol. The first-order valence-corrected chi connectivity index (χ1v) is 5.03. The highest BCUT2D eigenvalue weighted by Crippen LogP contribution is 2.40. The Balaban J connectivity index is 2.03. The maximum absolute atomic E-state index is 5.90. The van der Waals surface area contributed by atoms with Gasteiger partial charge in [0.05, 0.1) is 24.1 Å². The zero-order valence-corrected chi connectivity index (χ0v) is 7.97. The van der Waals surface area contributed by atoms with Crippen molar-refractivity contribution in [2.75, 3.05) is 13.1 Å². The lowest BCUT2D eigenvalue weighted by Gasteiger charge is -2.32. The Labute approximate surface area is 83.5 Å². The summed E-state index contributed by atoms with van der Waals surface area (Å²) >= 11 is 0. The van der Waals surface area contributed by atoms with Crippen molar-refractivity contribution >= 4 is 0 Å². The number of hydrogen-bond donors (Lipinski definition) is 1. The van der Waals surface area contributed by atoms with Crippen molar-refractivity contribution in [1.29, 1.82) is 0 Å². The summed E-state index contributed by atoms with van der Waals surface area (Å²) in [5.74, 6) is 0. The molecule has 0 bridgehead atoms. The number of piperidine rings is 1. The fourth-order valence-corrected chi connectivity index (χ4v) is 2.34. The van der Waals surface area contributed by atoms with Crippen molar-refractivity contribution in [3.63, 3.8) is 0 Å². The molecule has 2 aliphatic heterocycles. The summed E-state index contributed by atoms with van der Waals surface area (Å²) in [5, 5.41) is 3.34. The molecule has 1 N–H and O–H groups in total. The van der Waals surface area contributed by atoms with Gasteiger partial charge in [-0.2, -0.15) is 0 Å². The minimum Gasteiger partial charge on any atom is -0.363 e. The van der Waals surface area contributed by atoms with E-state index in [-0.39, 0.29) is 5.60 Å². The molecule has 0 aromatic carbocycles. The number of nitrogens with one attached hydrogen (secondary N) is 1. The smallest absolute Gasteiger partial charge is 0.106 e. The van der Waals surface area contributed by atoms with Crippen molar-refractivity contribution < 1.29 is 4.74 Å². The topological polar surface area (TPSA) is 34.2 Å². The highest BCUT2D eigenvalue weighted by molar-refractivity contribution is 5.27. The normalized spacial score (nSPS) is 23.1. The summed E-state index contributed by atoms with van der Waals surface area (Å²) in [6, 6.07) is 6.10. The summed E-state index contributed by atoms with van der Waals surface area (Å²) in [7, 11) is 0. The molecule has 72 valence electrons. The maximum Gasteiger partial charge on any atom is 0.106 e. The van der Waals surface area contributed by atoms with Gasteiger partial charge >= 0.3 is 0 Å². The van der Waals surface area contributed by atoms with Crippen molar-refractivity contribution in [2.45, 2.75) is 25.0 Å². The Morgan fingerprint density at radius 1 is 1.43 bits per heavy atom. The molecule has 0 amide bonds. The zero-order chi connectivity index (χ0) is 9.43. The second-order valence-corrected chi connectivity index (χ2v) is 3.88. The highest BCUT2D eigenvalue weighted by Gasteiger charge is 2.41. The van der Waals surface area contributed by atoms with Crippen molar-refractivity contribution in [1.82, 2.24) is 10.3 Å². The molecule has 3 rings (SSSR count). The SMILES string of the molecule is c1cnc2c(c#1)C1(CCNCC1)OC2. The molecule has 14 heavy (non-hydrogen) atoms. The van der Waals surface area contributed by atoms with Crippen LogP contribution >= 0.6 is 0 Å². The van der Waals surface area contributed by atoms with Crippen molar-refractivity contribution in [2.24, 2.45) is 0 Å². The Morgan fingerprint density at radius 2 is 2.29 bits per heavy atom. The third kappa shape index (κ3) is 1.05. The quantitative estimate of drug-likeness (QED) is 0.653. The van der Waals surface area contributed by atoms with Crippen LogP contribution in [-0.2, 0) is 16.9 Å². The van der Waals surface area contributed by atoms with E-state index in [2.05, 4.69) is 22.4 Å². The van der Waals surface area contributed by atoms with Gasteiger partial charge in [-0.25, -0.2) is 4.98 Å². The lowest BCUT2D eigenvalue weighted by Crippen LogP contribution is -2.39. The fourth-order valence-electron chi connectivity index (χ4n) is 2.34. The van der Waals surface area contributed by atoms with Crippen LogP contribution < -0.4 is 5.32 Å². The molecular weight excluding hydrogens is 176 g/mol. The monoisotopic (exact) mass is 188 g/mol. The molecular formula is C11H12N2O. The van der Waals surface area contributed by atoms with Crippen LogP contribution in [0.15, 0.2) is 6.20 Å². The fraction of sp³-hybridized carbons (Fsp3) is 0.545. The van der Waals surface area contributed by atoms with Crippen LogP contribution in [0.1, 0.15) is 24.1 Å². The third-order valence-electron chi connectivity index (χ3n) is 3.12. The van der Waals surface area contributed by atoms with E-state index in [1.807, 2.05) is 0 Å². The number of ether oxygens (including phenoxy) is 1. The minimum absolute atomic E-state index is 0.106. The molecule has 0 unspecified atom stereocenters. The van der Waals surface area contributed by atoms with Crippen LogP contribution in [0, 0.1) is 12.1 Å². The molecule has 0 saturated carbocycles. The Hall–Kier alpha value is -1.11. The second-order valence-electron chi connectivity index (χ2n) is 3.88. The van der Waals surface area contributed by atoms with Gasteiger partial charge in [-0.05, 0) is 32.0 Å². The number of aromatic nitrogens is 1. The lowest BCUT2D eigenvalue weighted by atomic mass is 9.86. The molecule has 1 saturated heterocycles. The average molecular weight is 188 g/mol. The zero-order valence-electron chi connectivity index (χ0n) is 7.97. The van der Waals surface area contributed by atoms with Gasteiger partial charge in [0.25, 0.3) is 0 Å². The summed E-state index contributed by atoms with van der Waals surface area (Å²) in [6.07, 6.45) is 3.72. The molecule has 3 heterocycles. The van der Waals surface area contributed by atoms with E-state index in [0.717, 1.165) is 37.2 Å². The van der Waals surface area contributed by atoms with Crippen molar-refractivity contribution in [3.05, 3.63) is 29.6 Å². The predicted octanol–water partition coefficient (Wildman–Crippen LogP) is 0.791. The summed E-state index contributed by atoms with van der Waals surface area (Å²) in [4.78, 5) is 4.28. The first-order valence-electron chi connectivity index (χ1n) is 5.03. The molecule has 2 aliphatic rings. The summed E-state index contributed by atoms with van der Waals surface area (Å²) in [5.41, 5.74) is 2.08. The van der Waals surface area contributed by atoms with Crippen LogP contribution in [0.5, 0.6) is 0 Å².